The number of unbranched alkanes of at least 4 members (excludes halogenated alkanes) is 3. The van der Waals surface area contributed by atoms with Crippen LogP contribution in [0.2, 0.25) is 0 Å². The van der Waals surface area contributed by atoms with Gasteiger partial charge in [-0.05, 0) is 53.7 Å². The largest absolute Gasteiger partial charge is 0.493 e. The van der Waals surface area contributed by atoms with Gasteiger partial charge in [-0.3, -0.25) is 25.8 Å². The fraction of sp³-hybridized carbons (Fsp3) is 0.269. The predicted octanol–water partition coefficient (Wildman–Crippen LogP) is 4.51. The van der Waals surface area contributed by atoms with Crippen molar-refractivity contribution >= 4 is 39.9 Å². The van der Waals surface area contributed by atoms with Crippen LogP contribution in [0.1, 0.15) is 43.0 Å². The van der Waals surface area contributed by atoms with E-state index >= 15 is 0 Å². The zero-order valence-electron chi connectivity index (χ0n) is 19.1. The molecule has 7 nitrogen and oxygen atoms in total. The first-order valence-electron chi connectivity index (χ1n) is 11.3. The number of hydrogen-bond acceptors (Lipinski definition) is 5. The van der Waals surface area contributed by atoms with E-state index in [0.717, 1.165) is 36.5 Å². The van der Waals surface area contributed by atoms with Gasteiger partial charge in [-0.2, -0.15) is 0 Å². The molecule has 8 heteroatoms. The zero-order chi connectivity index (χ0) is 24.2. The number of ether oxygens (including phenoxy) is 2. The van der Waals surface area contributed by atoms with Crippen LogP contribution in [0.5, 0.6) is 11.5 Å². The van der Waals surface area contributed by atoms with Gasteiger partial charge in [0.05, 0.1) is 12.2 Å². The summed E-state index contributed by atoms with van der Waals surface area (Å²) in [5.74, 6) is 0.201. The molecule has 0 aliphatic heterocycles. The van der Waals surface area contributed by atoms with Gasteiger partial charge in [0.25, 0.3) is 11.8 Å². The van der Waals surface area contributed by atoms with Gasteiger partial charge in [0, 0.05) is 0 Å². The maximum atomic E-state index is 12.6. The van der Waals surface area contributed by atoms with E-state index in [2.05, 4.69) is 23.1 Å². The number of para-hydroxylation sites is 1. The van der Waals surface area contributed by atoms with Crippen LogP contribution in [0.3, 0.4) is 0 Å². The van der Waals surface area contributed by atoms with Gasteiger partial charge in [0.15, 0.2) is 11.7 Å². The molecule has 0 spiro atoms. The van der Waals surface area contributed by atoms with Crippen molar-refractivity contribution in [1.82, 2.24) is 16.2 Å². The summed E-state index contributed by atoms with van der Waals surface area (Å²) in [6.07, 6.45) is 4.32. The van der Waals surface area contributed by atoms with Crippen molar-refractivity contribution in [3.8, 4) is 11.5 Å². The molecule has 3 N–H and O–H groups in total. The summed E-state index contributed by atoms with van der Waals surface area (Å²) < 4.78 is 11.3. The lowest BCUT2D eigenvalue weighted by Gasteiger charge is -2.14. The lowest BCUT2D eigenvalue weighted by atomic mass is 10.1. The molecule has 0 bridgehead atoms. The normalized spacial score (nSPS) is 10.4. The highest BCUT2D eigenvalue weighted by molar-refractivity contribution is 7.80. The summed E-state index contributed by atoms with van der Waals surface area (Å²) in [5.41, 5.74) is 5.30. The zero-order valence-corrected chi connectivity index (χ0v) is 20.0. The molecular weight excluding hydrogens is 450 g/mol. The van der Waals surface area contributed by atoms with Gasteiger partial charge in [-0.25, -0.2) is 0 Å². The van der Waals surface area contributed by atoms with Crippen LogP contribution < -0.4 is 25.6 Å². The summed E-state index contributed by atoms with van der Waals surface area (Å²) in [6.45, 7) is 2.48. The van der Waals surface area contributed by atoms with Gasteiger partial charge >= 0.3 is 0 Å². The third kappa shape index (κ3) is 7.74. The van der Waals surface area contributed by atoms with Crippen LogP contribution in [0, 0.1) is 0 Å². The summed E-state index contributed by atoms with van der Waals surface area (Å²) in [4.78, 5) is 24.7. The van der Waals surface area contributed by atoms with Crippen molar-refractivity contribution in [2.45, 2.75) is 32.6 Å². The molecule has 0 unspecified atom stereocenters. The number of hydrazine groups is 1. The molecule has 0 saturated heterocycles. The summed E-state index contributed by atoms with van der Waals surface area (Å²) in [5, 5.41) is 4.61. The van der Waals surface area contributed by atoms with Crippen LogP contribution in [-0.4, -0.2) is 30.1 Å². The molecule has 0 saturated carbocycles. The summed E-state index contributed by atoms with van der Waals surface area (Å²) in [6, 6.07) is 20.4. The Morgan fingerprint density at radius 1 is 0.853 bits per heavy atom. The second-order valence-corrected chi connectivity index (χ2v) is 8.07. The predicted molar refractivity (Wildman–Crippen MR) is 137 cm³/mol. The lowest BCUT2D eigenvalue weighted by molar-refractivity contribution is -0.123. The van der Waals surface area contributed by atoms with Crippen molar-refractivity contribution in [3.05, 3.63) is 72.3 Å². The molecule has 0 aliphatic rings. The highest BCUT2D eigenvalue weighted by Crippen LogP contribution is 2.20. The first-order chi connectivity index (χ1) is 16.6. The Labute approximate surface area is 204 Å². The highest BCUT2D eigenvalue weighted by Gasteiger charge is 2.14. The van der Waals surface area contributed by atoms with Crippen molar-refractivity contribution in [3.63, 3.8) is 0 Å². The lowest BCUT2D eigenvalue weighted by Crippen LogP contribution is -2.49. The number of carbonyl (C=O) groups excluding carboxylic acids is 2. The van der Waals surface area contributed by atoms with Crippen LogP contribution >= 0.6 is 12.2 Å². The van der Waals surface area contributed by atoms with Crippen LogP contribution in [0.15, 0.2) is 66.7 Å². The molecular formula is C26H29N3O4S. The minimum Gasteiger partial charge on any atom is -0.493 e. The van der Waals surface area contributed by atoms with Crippen molar-refractivity contribution in [1.29, 1.82) is 0 Å². The topological polar surface area (TPSA) is 88.7 Å². The Balaban J connectivity index is 1.42. The number of carbonyl (C=O) groups is 2. The number of rotatable bonds is 10. The van der Waals surface area contributed by atoms with Gasteiger partial charge in [-0.1, -0.05) is 68.7 Å². The number of amides is 2. The van der Waals surface area contributed by atoms with Crippen molar-refractivity contribution in [2.75, 3.05) is 13.2 Å². The Hall–Kier alpha value is -3.65. The quantitative estimate of drug-likeness (QED) is 0.225. The Bertz CT molecular complexity index is 1140. The number of hydrogen-bond donors (Lipinski definition) is 3. The van der Waals surface area contributed by atoms with Crippen molar-refractivity contribution in [2.24, 2.45) is 0 Å². The number of fused-ring (bicyclic) bond motifs is 1. The number of nitrogens with one attached hydrogen (secondary N) is 3. The third-order valence-corrected chi connectivity index (χ3v) is 5.22. The molecule has 0 aliphatic carbocycles. The van der Waals surface area contributed by atoms with Gasteiger partial charge in [0.1, 0.15) is 11.5 Å². The highest BCUT2D eigenvalue weighted by atomic mass is 32.1. The monoisotopic (exact) mass is 479 g/mol. The van der Waals surface area contributed by atoms with Gasteiger partial charge < -0.3 is 9.47 Å². The first kappa shape index (κ1) is 25.0. The van der Waals surface area contributed by atoms with Gasteiger partial charge in [-0.15, -0.1) is 0 Å². The molecule has 0 atom stereocenters. The fourth-order valence-electron chi connectivity index (χ4n) is 3.26. The Kier molecular flexibility index (Phi) is 9.66. The molecule has 0 radical (unpaired) electrons. The molecule has 178 valence electrons. The molecule has 2 amide bonds. The minimum absolute atomic E-state index is 0.0400. The summed E-state index contributed by atoms with van der Waals surface area (Å²) in [7, 11) is 0. The second-order valence-electron chi connectivity index (χ2n) is 7.66. The molecule has 3 aromatic carbocycles. The maximum Gasteiger partial charge on any atom is 0.276 e. The molecule has 34 heavy (non-hydrogen) atoms. The van der Waals surface area contributed by atoms with E-state index in [-0.39, 0.29) is 11.7 Å². The van der Waals surface area contributed by atoms with E-state index in [4.69, 9.17) is 21.7 Å². The van der Waals surface area contributed by atoms with E-state index in [0.29, 0.717) is 23.7 Å². The first-order valence-corrected chi connectivity index (χ1v) is 11.7. The van der Waals surface area contributed by atoms with E-state index in [1.54, 1.807) is 24.3 Å². The molecule has 3 aromatic rings. The Morgan fingerprint density at radius 3 is 2.44 bits per heavy atom. The smallest absolute Gasteiger partial charge is 0.276 e. The van der Waals surface area contributed by atoms with E-state index in [9.17, 15) is 9.59 Å². The molecule has 0 fully saturated rings. The fourth-order valence-corrected chi connectivity index (χ4v) is 3.41. The second kappa shape index (κ2) is 13.2. The minimum atomic E-state index is -0.444. The van der Waals surface area contributed by atoms with E-state index < -0.39 is 11.8 Å². The van der Waals surface area contributed by atoms with Crippen LogP contribution in [0.4, 0.5) is 0 Å². The van der Waals surface area contributed by atoms with Crippen molar-refractivity contribution < 1.29 is 19.1 Å². The van der Waals surface area contributed by atoms with Gasteiger partial charge in [0.2, 0.25) is 0 Å². The van der Waals surface area contributed by atoms with Crippen LogP contribution in [-0.2, 0) is 4.79 Å². The average Bonchev–Trinajstić information content (AvgIpc) is 2.86. The molecule has 0 heterocycles. The third-order valence-electron chi connectivity index (χ3n) is 5.02. The Morgan fingerprint density at radius 2 is 1.62 bits per heavy atom. The van der Waals surface area contributed by atoms with E-state index in [1.165, 1.54) is 0 Å². The number of thiocarbonyl (C=S) groups is 1. The van der Waals surface area contributed by atoms with E-state index in [1.807, 2.05) is 42.5 Å². The maximum absolute atomic E-state index is 12.6. The molecule has 3 rings (SSSR count). The standard InChI is InChI=1S/C26H29N3O4S/c1-2-3-4-9-16-32-23-13-8-7-12-22(23)25(31)27-26(34)29-28-24(30)18-33-21-15-14-19-10-5-6-11-20(19)17-21/h5-8,10-15,17H,2-4,9,16,18H2,1H3,(H,28,30)(H2,27,29,31,34). The summed E-state index contributed by atoms with van der Waals surface area (Å²) >= 11 is 5.12. The average molecular weight is 480 g/mol. The molecule has 0 aromatic heterocycles. The van der Waals surface area contributed by atoms with Crippen LogP contribution in [0.25, 0.3) is 10.8 Å². The number of benzene rings is 3. The SMILES string of the molecule is CCCCCCOc1ccccc1C(=O)NC(=S)NNC(=O)COc1ccc2ccccc2c1.